The van der Waals surface area contributed by atoms with E-state index in [-0.39, 0.29) is 17.7 Å². The lowest BCUT2D eigenvalue weighted by Crippen LogP contribution is -2.50. The Bertz CT molecular complexity index is 1210. The van der Waals surface area contributed by atoms with Crippen LogP contribution in [0, 0.1) is 0 Å². The molecule has 5 rings (SSSR count). The first-order valence-corrected chi connectivity index (χ1v) is 12.9. The number of amides is 2. The van der Waals surface area contributed by atoms with Crippen LogP contribution in [-0.4, -0.2) is 47.9 Å². The van der Waals surface area contributed by atoms with Gasteiger partial charge in [0.25, 0.3) is 5.91 Å². The topological polar surface area (TPSA) is 65.5 Å². The highest BCUT2D eigenvalue weighted by Crippen LogP contribution is 2.38. The summed E-state index contributed by atoms with van der Waals surface area (Å²) in [6, 6.07) is 14.6. The second-order valence-corrected chi connectivity index (χ2v) is 10.5. The number of hydrogen-bond donors (Lipinski definition) is 1. The molecule has 34 heavy (non-hydrogen) atoms. The molecule has 1 N–H and O–H groups in total. The quantitative estimate of drug-likeness (QED) is 0.501. The van der Waals surface area contributed by atoms with Gasteiger partial charge in [-0.2, -0.15) is 0 Å². The molecule has 0 bridgehead atoms. The van der Waals surface area contributed by atoms with Crippen molar-refractivity contribution in [2.45, 2.75) is 25.2 Å². The van der Waals surface area contributed by atoms with E-state index >= 15 is 0 Å². The van der Waals surface area contributed by atoms with Gasteiger partial charge in [-0.05, 0) is 61.7 Å². The number of piperazine rings is 1. The molecular weight excluding hydrogens is 491 g/mol. The van der Waals surface area contributed by atoms with E-state index in [2.05, 4.69) is 10.2 Å². The van der Waals surface area contributed by atoms with E-state index in [1.165, 1.54) is 11.3 Å². The highest BCUT2D eigenvalue weighted by Gasteiger charge is 2.34. The standard InChI is InChI=1S/C25H24Cl2N4O2S/c26-17-9-7-16(8-10-17)23(32)29-25-28-22-20(5-2-6-21(22)34-25)24(33)31-13-11-30(12-14-31)19-4-1-3-18(27)15-19/h1,3-4,7-10,15,20H,2,5-6,11-14H2,(H,28,29,32). The van der Waals surface area contributed by atoms with Crippen molar-refractivity contribution in [2.24, 2.45) is 0 Å². The Morgan fingerprint density at radius 2 is 1.76 bits per heavy atom. The number of fused-ring (bicyclic) bond motifs is 1. The minimum absolute atomic E-state index is 0.132. The summed E-state index contributed by atoms with van der Waals surface area (Å²) in [6.07, 6.45) is 2.61. The van der Waals surface area contributed by atoms with Crippen LogP contribution in [0.2, 0.25) is 10.0 Å². The third-order valence-corrected chi connectivity index (χ3v) is 7.88. The Labute approximate surface area is 212 Å². The van der Waals surface area contributed by atoms with Crippen LogP contribution in [0.4, 0.5) is 10.8 Å². The van der Waals surface area contributed by atoms with Gasteiger partial charge in [0.15, 0.2) is 5.13 Å². The fourth-order valence-electron chi connectivity index (χ4n) is 4.56. The third-order valence-electron chi connectivity index (χ3n) is 6.34. The highest BCUT2D eigenvalue weighted by molar-refractivity contribution is 7.16. The average molecular weight is 515 g/mol. The molecule has 1 aromatic heterocycles. The van der Waals surface area contributed by atoms with Gasteiger partial charge >= 0.3 is 0 Å². The molecule has 1 saturated heterocycles. The number of nitrogens with zero attached hydrogens (tertiary/aromatic N) is 3. The molecule has 2 aliphatic rings. The number of rotatable bonds is 4. The molecule has 1 fully saturated rings. The van der Waals surface area contributed by atoms with Crippen molar-refractivity contribution in [3.8, 4) is 0 Å². The van der Waals surface area contributed by atoms with Crippen LogP contribution in [0.1, 0.15) is 39.7 Å². The van der Waals surface area contributed by atoms with E-state index in [9.17, 15) is 9.59 Å². The van der Waals surface area contributed by atoms with E-state index in [0.717, 1.165) is 48.6 Å². The van der Waals surface area contributed by atoms with Crippen LogP contribution in [0.25, 0.3) is 0 Å². The number of aryl methyl sites for hydroxylation is 1. The van der Waals surface area contributed by atoms with Crippen LogP contribution in [0.5, 0.6) is 0 Å². The number of anilines is 2. The lowest BCUT2D eigenvalue weighted by atomic mass is 9.89. The van der Waals surface area contributed by atoms with E-state index in [1.54, 1.807) is 24.3 Å². The van der Waals surface area contributed by atoms with Gasteiger partial charge in [0.1, 0.15) is 0 Å². The Morgan fingerprint density at radius 1 is 1.00 bits per heavy atom. The predicted molar refractivity (Wildman–Crippen MR) is 137 cm³/mol. The number of thiazole rings is 1. The maximum Gasteiger partial charge on any atom is 0.257 e. The third kappa shape index (κ3) is 4.92. The molecule has 176 valence electrons. The average Bonchev–Trinajstić information content (AvgIpc) is 3.26. The van der Waals surface area contributed by atoms with Crippen molar-refractivity contribution >= 4 is 57.2 Å². The number of carbonyl (C=O) groups is 2. The Kier molecular flexibility index (Phi) is 6.77. The monoisotopic (exact) mass is 514 g/mol. The Morgan fingerprint density at radius 3 is 2.50 bits per heavy atom. The SMILES string of the molecule is O=C(Nc1nc2c(s1)CCCC2C(=O)N1CCN(c2cccc(Cl)c2)CC1)c1ccc(Cl)cc1. The summed E-state index contributed by atoms with van der Waals surface area (Å²) in [7, 11) is 0. The van der Waals surface area contributed by atoms with Gasteiger partial charge in [0.05, 0.1) is 11.6 Å². The van der Waals surface area contributed by atoms with E-state index in [0.29, 0.717) is 33.8 Å². The van der Waals surface area contributed by atoms with Crippen LogP contribution in [0.15, 0.2) is 48.5 Å². The Balaban J connectivity index is 1.25. The summed E-state index contributed by atoms with van der Waals surface area (Å²) in [5.41, 5.74) is 2.42. The van der Waals surface area contributed by atoms with Gasteiger partial charge in [-0.1, -0.05) is 29.3 Å². The van der Waals surface area contributed by atoms with E-state index in [4.69, 9.17) is 28.2 Å². The second kappa shape index (κ2) is 9.94. The molecule has 0 spiro atoms. The molecule has 1 aliphatic heterocycles. The van der Waals surface area contributed by atoms with Crippen LogP contribution >= 0.6 is 34.5 Å². The molecule has 9 heteroatoms. The fourth-order valence-corrected chi connectivity index (χ4v) is 5.93. The first kappa shape index (κ1) is 23.1. The first-order chi connectivity index (χ1) is 16.5. The number of carbonyl (C=O) groups excluding carboxylic acids is 2. The number of hydrogen-bond acceptors (Lipinski definition) is 5. The van der Waals surface area contributed by atoms with Gasteiger partial charge in [0.2, 0.25) is 5.91 Å². The number of aromatic nitrogens is 1. The molecule has 1 unspecified atom stereocenters. The van der Waals surface area contributed by atoms with Gasteiger partial charge in [0, 0.05) is 52.4 Å². The molecule has 3 aromatic rings. The molecule has 1 aliphatic carbocycles. The zero-order chi connectivity index (χ0) is 23.7. The molecular formula is C25H24Cl2N4O2S. The van der Waals surface area contributed by atoms with Gasteiger partial charge in [-0.3, -0.25) is 14.9 Å². The molecule has 1 atom stereocenters. The maximum atomic E-state index is 13.4. The van der Waals surface area contributed by atoms with Crippen molar-refractivity contribution in [3.63, 3.8) is 0 Å². The fraction of sp³-hybridized carbons (Fsp3) is 0.320. The summed E-state index contributed by atoms with van der Waals surface area (Å²) in [4.78, 5) is 36.0. The minimum atomic E-state index is -0.251. The van der Waals surface area contributed by atoms with Crippen LogP contribution in [0.3, 0.4) is 0 Å². The van der Waals surface area contributed by atoms with Crippen molar-refractivity contribution < 1.29 is 9.59 Å². The number of benzene rings is 2. The second-order valence-electron chi connectivity index (χ2n) is 8.53. The summed E-state index contributed by atoms with van der Waals surface area (Å²) < 4.78 is 0. The zero-order valence-electron chi connectivity index (χ0n) is 18.5. The summed E-state index contributed by atoms with van der Waals surface area (Å²) in [5, 5.41) is 4.72. The summed E-state index contributed by atoms with van der Waals surface area (Å²) >= 11 is 13.5. The summed E-state index contributed by atoms with van der Waals surface area (Å²) in [5.74, 6) is -0.353. The lowest BCUT2D eigenvalue weighted by molar-refractivity contribution is -0.133. The molecule has 2 amide bonds. The lowest BCUT2D eigenvalue weighted by Gasteiger charge is -2.38. The zero-order valence-corrected chi connectivity index (χ0v) is 20.8. The first-order valence-electron chi connectivity index (χ1n) is 11.3. The van der Waals surface area contributed by atoms with Crippen molar-refractivity contribution in [2.75, 3.05) is 36.4 Å². The molecule has 2 aromatic carbocycles. The van der Waals surface area contributed by atoms with Crippen molar-refractivity contribution in [3.05, 3.63) is 74.7 Å². The molecule has 0 saturated carbocycles. The largest absolute Gasteiger partial charge is 0.368 e. The van der Waals surface area contributed by atoms with Crippen molar-refractivity contribution in [1.82, 2.24) is 9.88 Å². The minimum Gasteiger partial charge on any atom is -0.368 e. The number of halogens is 2. The maximum absolute atomic E-state index is 13.4. The van der Waals surface area contributed by atoms with Crippen LogP contribution < -0.4 is 10.2 Å². The van der Waals surface area contributed by atoms with Gasteiger partial charge in [-0.15, -0.1) is 11.3 Å². The Hall–Kier alpha value is -2.61. The smallest absolute Gasteiger partial charge is 0.257 e. The highest BCUT2D eigenvalue weighted by atomic mass is 35.5. The number of nitrogens with one attached hydrogen (secondary N) is 1. The normalized spacial score (nSPS) is 17.9. The van der Waals surface area contributed by atoms with E-state index < -0.39 is 0 Å². The molecule has 0 radical (unpaired) electrons. The molecule has 2 heterocycles. The van der Waals surface area contributed by atoms with Gasteiger partial charge < -0.3 is 9.80 Å². The van der Waals surface area contributed by atoms with E-state index in [1.807, 2.05) is 29.2 Å². The predicted octanol–water partition coefficient (Wildman–Crippen LogP) is 5.47. The van der Waals surface area contributed by atoms with Gasteiger partial charge in [-0.25, -0.2) is 4.98 Å². The summed E-state index contributed by atoms with van der Waals surface area (Å²) in [6.45, 7) is 2.87. The van der Waals surface area contributed by atoms with Crippen molar-refractivity contribution in [1.29, 1.82) is 0 Å². The van der Waals surface area contributed by atoms with Crippen LogP contribution in [-0.2, 0) is 11.2 Å². The molecule has 6 nitrogen and oxygen atoms in total.